The van der Waals surface area contributed by atoms with Crippen molar-refractivity contribution in [2.24, 2.45) is 17.3 Å². The summed E-state index contributed by atoms with van der Waals surface area (Å²) in [4.78, 5) is 26.8. The molecule has 15 atom stereocenters. The monoisotopic (exact) mass is 701 g/mol. The second kappa shape index (κ2) is 15.7. The molecule has 3 heterocycles. The van der Waals surface area contributed by atoms with E-state index >= 15 is 0 Å². The van der Waals surface area contributed by atoms with Crippen molar-refractivity contribution in [3.8, 4) is 0 Å². The molecule has 0 aromatic rings. The molecule has 4 rings (SSSR count). The molecule has 1 saturated carbocycles. The van der Waals surface area contributed by atoms with Gasteiger partial charge in [0.05, 0.1) is 29.5 Å². The van der Waals surface area contributed by atoms with Gasteiger partial charge in [0.25, 0.3) is 0 Å². The smallest absolute Gasteiger partial charge is 0.338 e. The largest absolute Gasteiger partial charge is 0.460 e. The van der Waals surface area contributed by atoms with Gasteiger partial charge in [-0.2, -0.15) is 0 Å². The fraction of sp³-hybridized carbons (Fsp3) is 0.944. The standard InChI is InChI=1S/C36H63NO12/c1-10-16-35(8,11-2)31-22(37-18(5)38)27-26(42)28(46-31)23(39)19-14-15-20(34(6,7)44)21(17-19)45-32(43)30-29(49-36(9,12-3)13-4)24(40)25(41)33(47-27)48-30/h19-31,33,39-42,44H,10-17H2,1-9H3,(H,37,38)/t19?,20?,21?,22?,23?,24?,25?,26?,27?,28?,29?,30?,31-,33?,35-/m0/s1. The van der Waals surface area contributed by atoms with Crippen molar-refractivity contribution < 1.29 is 58.8 Å². The Morgan fingerprint density at radius 1 is 0.878 bits per heavy atom. The van der Waals surface area contributed by atoms with Crippen LogP contribution in [0, 0.1) is 17.3 Å². The zero-order valence-electron chi connectivity index (χ0n) is 30.8. The molecule has 13 heteroatoms. The Morgan fingerprint density at radius 2 is 1.53 bits per heavy atom. The third-order valence-electron chi connectivity index (χ3n) is 12.2. The number of carbonyl (C=O) groups excluding carboxylic acids is 2. The highest BCUT2D eigenvalue weighted by Gasteiger charge is 2.59. The first kappa shape index (κ1) is 40.4. The molecule has 6 bridgehead atoms. The van der Waals surface area contributed by atoms with Crippen LogP contribution in [0.2, 0.25) is 0 Å². The van der Waals surface area contributed by atoms with Crippen molar-refractivity contribution in [3.63, 3.8) is 0 Å². The molecule has 0 radical (unpaired) electrons. The summed E-state index contributed by atoms with van der Waals surface area (Å²) in [6, 6.07) is -0.952. The average molecular weight is 702 g/mol. The van der Waals surface area contributed by atoms with Crippen molar-refractivity contribution >= 4 is 11.9 Å². The van der Waals surface area contributed by atoms with Gasteiger partial charge in [0.1, 0.15) is 42.7 Å². The summed E-state index contributed by atoms with van der Waals surface area (Å²) in [5.74, 6) is -2.27. The van der Waals surface area contributed by atoms with E-state index in [0.29, 0.717) is 38.5 Å². The quantitative estimate of drug-likeness (QED) is 0.182. The van der Waals surface area contributed by atoms with Gasteiger partial charge in [0, 0.05) is 12.8 Å². The van der Waals surface area contributed by atoms with Gasteiger partial charge in [-0.3, -0.25) is 4.79 Å². The first-order valence-corrected chi connectivity index (χ1v) is 18.4. The van der Waals surface area contributed by atoms with Crippen molar-refractivity contribution in [3.05, 3.63) is 0 Å². The Balaban J connectivity index is 1.88. The second-order valence-electron chi connectivity index (χ2n) is 16.0. The molecule has 49 heavy (non-hydrogen) atoms. The highest BCUT2D eigenvalue weighted by molar-refractivity contribution is 5.76. The summed E-state index contributed by atoms with van der Waals surface area (Å²) in [5.41, 5.74) is -2.56. The van der Waals surface area contributed by atoms with E-state index < -0.39 is 114 Å². The van der Waals surface area contributed by atoms with Gasteiger partial charge < -0.3 is 54.5 Å². The number of amides is 1. The van der Waals surface area contributed by atoms with Crippen LogP contribution in [0.1, 0.15) is 114 Å². The summed E-state index contributed by atoms with van der Waals surface area (Å²) < 4.78 is 31.7. The van der Waals surface area contributed by atoms with E-state index in [1.165, 1.54) is 6.92 Å². The predicted octanol–water partition coefficient (Wildman–Crippen LogP) is 2.11. The third-order valence-corrected chi connectivity index (χ3v) is 12.2. The van der Waals surface area contributed by atoms with Gasteiger partial charge in [-0.15, -0.1) is 0 Å². The first-order valence-electron chi connectivity index (χ1n) is 18.4. The molecule has 6 N–H and O–H groups in total. The molecule has 13 nitrogen and oxygen atoms in total. The average Bonchev–Trinajstić information content (AvgIpc) is 3.04. The van der Waals surface area contributed by atoms with Crippen LogP contribution >= 0.6 is 0 Å². The van der Waals surface area contributed by atoms with E-state index in [4.69, 9.17) is 23.7 Å². The predicted molar refractivity (Wildman–Crippen MR) is 178 cm³/mol. The molecule has 13 unspecified atom stereocenters. The first-order chi connectivity index (χ1) is 22.8. The normalized spacial score (nSPS) is 41.7. The lowest BCUT2D eigenvalue weighted by Crippen LogP contribution is -2.71. The Bertz CT molecular complexity index is 1130. The van der Waals surface area contributed by atoms with Gasteiger partial charge in [-0.1, -0.05) is 41.0 Å². The minimum atomic E-state index is -1.73. The van der Waals surface area contributed by atoms with Crippen LogP contribution < -0.4 is 5.32 Å². The van der Waals surface area contributed by atoms with Crippen molar-refractivity contribution in [1.82, 2.24) is 5.32 Å². The lowest BCUT2D eigenvalue weighted by Gasteiger charge is -2.54. The van der Waals surface area contributed by atoms with E-state index in [9.17, 15) is 35.1 Å². The topological polar surface area (TPSA) is 193 Å². The van der Waals surface area contributed by atoms with E-state index in [2.05, 4.69) is 5.32 Å². The molecule has 3 saturated heterocycles. The summed E-state index contributed by atoms with van der Waals surface area (Å²) >= 11 is 0. The maximum atomic E-state index is 14.2. The highest BCUT2D eigenvalue weighted by atomic mass is 16.7. The van der Waals surface area contributed by atoms with Gasteiger partial charge in [0.2, 0.25) is 5.91 Å². The van der Waals surface area contributed by atoms with E-state index in [1.807, 2.05) is 41.5 Å². The number of esters is 1. The van der Waals surface area contributed by atoms with Gasteiger partial charge in [-0.05, 0) is 77.0 Å². The molecule has 4 fully saturated rings. The van der Waals surface area contributed by atoms with Crippen LogP contribution in [0.5, 0.6) is 0 Å². The van der Waals surface area contributed by atoms with E-state index in [-0.39, 0.29) is 6.42 Å². The summed E-state index contributed by atoms with van der Waals surface area (Å²) in [6.07, 6.45) is -10.6. The summed E-state index contributed by atoms with van der Waals surface area (Å²) in [6.45, 7) is 16.4. The Morgan fingerprint density at radius 3 is 2.08 bits per heavy atom. The number of carbonyl (C=O) groups is 2. The van der Waals surface area contributed by atoms with Crippen LogP contribution in [0.25, 0.3) is 0 Å². The Kier molecular flexibility index (Phi) is 12.9. The molecule has 1 aliphatic carbocycles. The molecule has 3 aliphatic heterocycles. The van der Waals surface area contributed by atoms with Crippen molar-refractivity contribution in [2.45, 2.75) is 198 Å². The fourth-order valence-electron chi connectivity index (χ4n) is 8.50. The van der Waals surface area contributed by atoms with E-state index in [1.54, 1.807) is 13.8 Å². The lowest BCUT2D eigenvalue weighted by molar-refractivity contribution is -0.342. The number of hydrogen-bond donors (Lipinski definition) is 6. The van der Waals surface area contributed by atoms with E-state index in [0.717, 1.165) is 6.42 Å². The number of nitrogens with one attached hydrogen (secondary N) is 1. The number of hydrogen-bond acceptors (Lipinski definition) is 12. The number of rotatable bonds is 10. The summed E-state index contributed by atoms with van der Waals surface area (Å²) in [7, 11) is 0. The van der Waals surface area contributed by atoms with Gasteiger partial charge in [0.15, 0.2) is 12.4 Å². The van der Waals surface area contributed by atoms with Crippen LogP contribution in [0.4, 0.5) is 0 Å². The van der Waals surface area contributed by atoms with Crippen molar-refractivity contribution in [2.75, 3.05) is 0 Å². The molecule has 0 aromatic heterocycles. The highest BCUT2D eigenvalue weighted by Crippen LogP contribution is 2.46. The number of aliphatic hydroxyl groups is 5. The third kappa shape index (κ3) is 8.30. The van der Waals surface area contributed by atoms with Crippen LogP contribution in [0.3, 0.4) is 0 Å². The summed E-state index contributed by atoms with van der Waals surface area (Å²) in [5, 5.41) is 61.1. The number of fused-ring (bicyclic) bond motifs is 6. The minimum absolute atomic E-state index is 0.161. The number of ether oxygens (including phenoxy) is 5. The molecule has 284 valence electrons. The fourth-order valence-corrected chi connectivity index (χ4v) is 8.50. The zero-order valence-corrected chi connectivity index (χ0v) is 30.8. The molecular formula is C36H63NO12. The minimum Gasteiger partial charge on any atom is -0.460 e. The van der Waals surface area contributed by atoms with Crippen LogP contribution in [0.15, 0.2) is 0 Å². The number of aliphatic hydroxyl groups excluding tert-OH is 4. The van der Waals surface area contributed by atoms with Crippen LogP contribution in [-0.4, -0.2) is 122 Å². The maximum Gasteiger partial charge on any atom is 0.338 e. The molecule has 1 amide bonds. The Labute approximate surface area is 291 Å². The van der Waals surface area contributed by atoms with Crippen LogP contribution in [-0.2, 0) is 33.3 Å². The molecule has 0 aromatic carbocycles. The van der Waals surface area contributed by atoms with Crippen molar-refractivity contribution in [1.29, 1.82) is 0 Å². The SMILES string of the molecule is CCC[C@](C)(CC)[C@H]1OC2C(O)C3CCC(C(C)(C)O)C(C3)OC(=O)C3OC(OC(C2O)C1NC(C)=O)C(O)C(O)C3OC(C)(CC)CC. The van der Waals surface area contributed by atoms with Gasteiger partial charge >= 0.3 is 5.97 Å². The molecule has 0 spiro atoms. The lowest BCUT2D eigenvalue weighted by atomic mass is 9.68. The van der Waals surface area contributed by atoms with Gasteiger partial charge in [-0.25, -0.2) is 4.79 Å². The maximum absolute atomic E-state index is 14.2. The Hall–Kier alpha value is -1.42. The zero-order chi connectivity index (χ0) is 36.6. The molecule has 4 aliphatic rings. The second-order valence-corrected chi connectivity index (χ2v) is 16.0. The molecular weight excluding hydrogens is 638 g/mol.